The topological polar surface area (TPSA) is 121 Å². The highest BCUT2D eigenvalue weighted by Gasteiger charge is 1.99. The summed E-state index contributed by atoms with van der Waals surface area (Å²) in [6.07, 6.45) is 2.80. The van der Waals surface area contributed by atoms with Crippen LogP contribution in [-0.4, -0.2) is 40.0 Å². The zero-order valence-corrected chi connectivity index (χ0v) is 11.1. The minimum atomic E-state index is -1.17. The molecule has 0 saturated heterocycles. The fourth-order valence-corrected chi connectivity index (χ4v) is 1.06. The number of aliphatic carboxylic acids is 2. The molecule has 0 amide bonds. The van der Waals surface area contributed by atoms with Gasteiger partial charge in [0.2, 0.25) is 0 Å². The molecular weight excluding hydrogens is 256 g/mol. The number of rotatable bonds is 9. The van der Waals surface area contributed by atoms with E-state index in [2.05, 4.69) is 11.7 Å². The molecule has 19 heavy (non-hydrogen) atoms. The Morgan fingerprint density at radius 3 is 1.63 bits per heavy atom. The number of carboxylic acid groups (broad SMARTS) is 3. The van der Waals surface area contributed by atoms with E-state index in [0.29, 0.717) is 19.4 Å². The van der Waals surface area contributed by atoms with Crippen LogP contribution < -0.4 is 0 Å². The van der Waals surface area contributed by atoms with Crippen LogP contribution in [-0.2, 0) is 14.3 Å². The predicted octanol–water partition coefficient (Wildman–Crippen LogP) is 2.59. The molecule has 0 aromatic carbocycles. The average molecular weight is 278 g/mol. The normalized spacial score (nSPS) is 9.11. The van der Waals surface area contributed by atoms with Gasteiger partial charge < -0.3 is 20.1 Å². The van der Waals surface area contributed by atoms with Gasteiger partial charge in [-0.15, -0.1) is 0 Å². The second kappa shape index (κ2) is 14.3. The van der Waals surface area contributed by atoms with Crippen molar-refractivity contribution in [3.8, 4) is 0 Å². The Balaban J connectivity index is 0. The van der Waals surface area contributed by atoms with Crippen molar-refractivity contribution >= 4 is 18.1 Å². The molecule has 0 atom stereocenters. The molecule has 0 aromatic rings. The van der Waals surface area contributed by atoms with Gasteiger partial charge in [0.15, 0.2) is 0 Å². The Morgan fingerprint density at radius 2 is 1.32 bits per heavy atom. The highest BCUT2D eigenvalue weighted by atomic mass is 16.7. The summed E-state index contributed by atoms with van der Waals surface area (Å²) < 4.78 is 4.26. The Kier molecular flexibility index (Phi) is 14.7. The zero-order valence-electron chi connectivity index (χ0n) is 11.1. The zero-order chi connectivity index (χ0) is 15.1. The lowest BCUT2D eigenvalue weighted by Gasteiger charge is -1.96. The molecule has 0 aliphatic rings. The molecule has 0 heterocycles. The molecule has 0 radical (unpaired) electrons. The molecule has 0 aliphatic carbocycles. The quantitative estimate of drug-likeness (QED) is 0.437. The SMILES string of the molecule is CCCCCOC(=O)O.O=C(O)CCCCC(=O)O. The molecule has 7 heteroatoms. The minimum Gasteiger partial charge on any atom is -0.481 e. The molecule has 0 unspecified atom stereocenters. The Hall–Kier alpha value is -1.79. The molecule has 3 N–H and O–H groups in total. The maximum Gasteiger partial charge on any atom is 0.505 e. The van der Waals surface area contributed by atoms with Crippen LogP contribution in [0.4, 0.5) is 4.79 Å². The molecule has 0 spiro atoms. The first-order valence-corrected chi connectivity index (χ1v) is 6.19. The van der Waals surface area contributed by atoms with E-state index in [4.69, 9.17) is 15.3 Å². The lowest BCUT2D eigenvalue weighted by Crippen LogP contribution is -2.00. The molecule has 0 aromatic heterocycles. The number of carboxylic acids is 2. The van der Waals surface area contributed by atoms with Crippen LogP contribution in [0.1, 0.15) is 51.9 Å². The van der Waals surface area contributed by atoms with Crippen molar-refractivity contribution in [3.05, 3.63) is 0 Å². The third-order valence-electron chi connectivity index (χ3n) is 2.00. The van der Waals surface area contributed by atoms with E-state index < -0.39 is 18.1 Å². The van der Waals surface area contributed by atoms with Crippen LogP contribution in [0.3, 0.4) is 0 Å². The summed E-state index contributed by atoms with van der Waals surface area (Å²) in [7, 11) is 0. The molecule has 0 saturated carbocycles. The van der Waals surface area contributed by atoms with E-state index in [1.807, 2.05) is 0 Å². The van der Waals surface area contributed by atoms with Crippen LogP contribution in [0.15, 0.2) is 0 Å². The van der Waals surface area contributed by atoms with Gasteiger partial charge in [-0.25, -0.2) is 4.79 Å². The highest BCUT2D eigenvalue weighted by Crippen LogP contribution is 1.98. The molecule has 112 valence electrons. The summed E-state index contributed by atoms with van der Waals surface area (Å²) in [6.45, 7) is 2.39. The first kappa shape index (κ1) is 19.5. The third-order valence-corrected chi connectivity index (χ3v) is 2.00. The standard InChI is InChI=1S/C6H10O4.C6H12O3/c7-5(8)3-1-2-4-6(9)10;1-2-3-4-5-9-6(7)8/h1-4H2,(H,7,8)(H,9,10);2-5H2,1H3,(H,7,8). The molecule has 0 fully saturated rings. The van der Waals surface area contributed by atoms with E-state index in [1.165, 1.54) is 0 Å². The van der Waals surface area contributed by atoms with Gasteiger partial charge in [-0.3, -0.25) is 9.59 Å². The van der Waals surface area contributed by atoms with Crippen molar-refractivity contribution in [2.75, 3.05) is 6.61 Å². The molecule has 0 bridgehead atoms. The van der Waals surface area contributed by atoms with Gasteiger partial charge in [0, 0.05) is 12.8 Å². The van der Waals surface area contributed by atoms with E-state index >= 15 is 0 Å². The summed E-state index contributed by atoms with van der Waals surface area (Å²) in [5.41, 5.74) is 0. The van der Waals surface area contributed by atoms with Gasteiger partial charge in [-0.2, -0.15) is 0 Å². The molecule has 7 nitrogen and oxygen atoms in total. The van der Waals surface area contributed by atoms with Crippen LogP contribution in [0.25, 0.3) is 0 Å². The fourth-order valence-electron chi connectivity index (χ4n) is 1.06. The van der Waals surface area contributed by atoms with Gasteiger partial charge in [0.05, 0.1) is 6.61 Å². The van der Waals surface area contributed by atoms with Crippen molar-refractivity contribution < 1.29 is 34.4 Å². The third kappa shape index (κ3) is 26.0. The van der Waals surface area contributed by atoms with Crippen molar-refractivity contribution in [2.45, 2.75) is 51.9 Å². The van der Waals surface area contributed by atoms with Crippen molar-refractivity contribution in [1.29, 1.82) is 0 Å². The highest BCUT2D eigenvalue weighted by molar-refractivity contribution is 5.67. The van der Waals surface area contributed by atoms with Crippen LogP contribution in [0.5, 0.6) is 0 Å². The maximum absolute atomic E-state index is 9.90. The summed E-state index contributed by atoms with van der Waals surface area (Å²) in [4.78, 5) is 29.5. The van der Waals surface area contributed by atoms with Gasteiger partial charge in [-0.1, -0.05) is 19.8 Å². The smallest absolute Gasteiger partial charge is 0.481 e. The molecule has 0 rings (SSSR count). The van der Waals surface area contributed by atoms with E-state index in [9.17, 15) is 14.4 Å². The first-order valence-electron chi connectivity index (χ1n) is 6.19. The van der Waals surface area contributed by atoms with Gasteiger partial charge in [0.1, 0.15) is 0 Å². The lowest BCUT2D eigenvalue weighted by molar-refractivity contribution is -0.139. The summed E-state index contributed by atoms with van der Waals surface area (Å²) in [5, 5.41) is 24.3. The van der Waals surface area contributed by atoms with Crippen LogP contribution >= 0.6 is 0 Å². The Morgan fingerprint density at radius 1 is 0.842 bits per heavy atom. The van der Waals surface area contributed by atoms with Crippen molar-refractivity contribution in [2.24, 2.45) is 0 Å². The molecule has 0 aliphatic heterocycles. The maximum atomic E-state index is 9.90. The minimum absolute atomic E-state index is 0.0628. The molecular formula is C12H22O7. The summed E-state index contributed by atoms with van der Waals surface area (Å²) in [6, 6.07) is 0. The number of ether oxygens (including phenoxy) is 1. The van der Waals surface area contributed by atoms with Gasteiger partial charge in [0.25, 0.3) is 0 Å². The average Bonchev–Trinajstić information content (AvgIpc) is 2.30. The predicted molar refractivity (Wildman–Crippen MR) is 67.2 cm³/mol. The van der Waals surface area contributed by atoms with Crippen molar-refractivity contribution in [3.63, 3.8) is 0 Å². The largest absolute Gasteiger partial charge is 0.505 e. The van der Waals surface area contributed by atoms with E-state index in [1.54, 1.807) is 0 Å². The number of hydrogen-bond acceptors (Lipinski definition) is 4. The second-order valence-electron chi connectivity index (χ2n) is 3.82. The number of hydrogen-bond donors (Lipinski definition) is 3. The van der Waals surface area contributed by atoms with Crippen LogP contribution in [0, 0.1) is 0 Å². The van der Waals surface area contributed by atoms with Crippen LogP contribution in [0.2, 0.25) is 0 Å². The summed E-state index contributed by atoms with van der Waals surface area (Å²) >= 11 is 0. The Labute approximate surface area is 112 Å². The first-order chi connectivity index (χ1) is 8.90. The lowest BCUT2D eigenvalue weighted by atomic mass is 10.2. The number of unbranched alkanes of at least 4 members (excludes halogenated alkanes) is 3. The second-order valence-corrected chi connectivity index (χ2v) is 3.82. The Bertz CT molecular complexity index is 247. The van der Waals surface area contributed by atoms with Gasteiger partial charge >= 0.3 is 18.1 Å². The van der Waals surface area contributed by atoms with Crippen molar-refractivity contribution in [1.82, 2.24) is 0 Å². The van der Waals surface area contributed by atoms with E-state index in [0.717, 1.165) is 19.3 Å². The fraction of sp³-hybridized carbons (Fsp3) is 0.750. The summed E-state index contributed by atoms with van der Waals surface area (Å²) in [5.74, 6) is -1.74. The monoisotopic (exact) mass is 278 g/mol. The number of carbonyl (C=O) groups is 3. The van der Waals surface area contributed by atoms with Gasteiger partial charge in [-0.05, 0) is 19.3 Å². The van der Waals surface area contributed by atoms with E-state index in [-0.39, 0.29) is 12.8 Å².